The molecular weight excluding hydrogens is 336 g/mol. The Kier molecular flexibility index (Phi) is 4.73. The Morgan fingerprint density at radius 1 is 1.08 bits per heavy atom. The minimum absolute atomic E-state index is 0.363. The summed E-state index contributed by atoms with van der Waals surface area (Å²) in [5.74, 6) is 2.21. The van der Waals surface area contributed by atoms with Crippen LogP contribution in [-0.2, 0) is 19.9 Å². The van der Waals surface area contributed by atoms with Crippen LogP contribution in [0, 0.1) is 11.8 Å². The van der Waals surface area contributed by atoms with Crippen LogP contribution in [0.25, 0.3) is 11.4 Å². The highest BCUT2D eigenvalue weighted by molar-refractivity contribution is 6.32. The maximum Gasteiger partial charge on any atom is 0.136 e. The van der Waals surface area contributed by atoms with Gasteiger partial charge in [-0.2, -0.15) is 0 Å². The van der Waals surface area contributed by atoms with Crippen molar-refractivity contribution in [1.82, 2.24) is 25.0 Å². The second kappa shape index (κ2) is 7.00. The molecule has 134 valence electrons. The van der Waals surface area contributed by atoms with Gasteiger partial charge in [0, 0.05) is 25.7 Å². The Morgan fingerprint density at radius 3 is 2.48 bits per heavy atom. The van der Waals surface area contributed by atoms with E-state index in [0.29, 0.717) is 17.0 Å². The zero-order valence-electron chi connectivity index (χ0n) is 14.7. The van der Waals surface area contributed by atoms with E-state index in [0.717, 1.165) is 67.3 Å². The number of nitrogens with zero attached hydrogens (tertiary/aromatic N) is 5. The molecule has 0 atom stereocenters. The second-order valence-corrected chi connectivity index (χ2v) is 8.03. The van der Waals surface area contributed by atoms with Gasteiger partial charge in [-0.25, -0.2) is 9.97 Å². The molecule has 2 aliphatic carbocycles. The molecule has 2 N–H and O–H groups in total. The molecule has 0 aromatic carbocycles. The first-order valence-electron chi connectivity index (χ1n) is 9.26. The van der Waals surface area contributed by atoms with Crippen LogP contribution < -0.4 is 5.73 Å². The van der Waals surface area contributed by atoms with Gasteiger partial charge >= 0.3 is 0 Å². The number of halogens is 1. The van der Waals surface area contributed by atoms with Crippen molar-refractivity contribution >= 4 is 11.6 Å². The van der Waals surface area contributed by atoms with Crippen LogP contribution in [0.5, 0.6) is 0 Å². The van der Waals surface area contributed by atoms with Gasteiger partial charge < -0.3 is 5.73 Å². The number of aromatic nitrogens is 5. The van der Waals surface area contributed by atoms with E-state index in [-0.39, 0.29) is 0 Å². The van der Waals surface area contributed by atoms with Gasteiger partial charge in [0.25, 0.3) is 0 Å². The highest BCUT2D eigenvalue weighted by Gasteiger charge is 2.27. The molecule has 0 unspecified atom stereocenters. The first kappa shape index (κ1) is 16.9. The van der Waals surface area contributed by atoms with E-state index in [1.807, 2.05) is 11.7 Å². The van der Waals surface area contributed by atoms with Gasteiger partial charge in [0.1, 0.15) is 17.2 Å². The lowest BCUT2D eigenvalue weighted by atomic mass is 9.84. The Morgan fingerprint density at radius 2 is 1.76 bits per heavy atom. The van der Waals surface area contributed by atoms with E-state index < -0.39 is 0 Å². The lowest BCUT2D eigenvalue weighted by Gasteiger charge is -2.25. The highest BCUT2D eigenvalue weighted by Crippen LogP contribution is 2.36. The molecule has 2 aromatic heterocycles. The highest BCUT2D eigenvalue weighted by atomic mass is 35.5. The SMILES string of the molecule is Cn1nnc(-c2nc(CC3CCC(N)CC3)ncc2Cl)c1CC1CC1. The summed E-state index contributed by atoms with van der Waals surface area (Å²) in [7, 11) is 1.94. The molecule has 2 aromatic rings. The van der Waals surface area contributed by atoms with E-state index in [1.165, 1.54) is 12.8 Å². The summed E-state index contributed by atoms with van der Waals surface area (Å²) < 4.78 is 1.86. The summed E-state index contributed by atoms with van der Waals surface area (Å²) in [5.41, 5.74) is 8.67. The lowest BCUT2D eigenvalue weighted by Crippen LogP contribution is -2.27. The summed E-state index contributed by atoms with van der Waals surface area (Å²) in [5, 5.41) is 9.10. The Bertz CT molecular complexity index is 746. The minimum Gasteiger partial charge on any atom is -0.328 e. The van der Waals surface area contributed by atoms with Gasteiger partial charge in [0.05, 0.1) is 10.7 Å². The fraction of sp³-hybridized carbons (Fsp3) is 0.667. The first-order valence-corrected chi connectivity index (χ1v) is 9.64. The van der Waals surface area contributed by atoms with Crippen LogP contribution in [0.4, 0.5) is 0 Å². The van der Waals surface area contributed by atoms with E-state index in [2.05, 4.69) is 15.3 Å². The number of aryl methyl sites for hydroxylation is 1. The number of hydrogen-bond donors (Lipinski definition) is 1. The third kappa shape index (κ3) is 3.85. The summed E-state index contributed by atoms with van der Waals surface area (Å²) in [4.78, 5) is 9.23. The zero-order chi connectivity index (χ0) is 17.4. The fourth-order valence-corrected chi connectivity index (χ4v) is 3.88. The van der Waals surface area contributed by atoms with E-state index >= 15 is 0 Å². The summed E-state index contributed by atoms with van der Waals surface area (Å²) in [6.45, 7) is 0. The Labute approximate surface area is 153 Å². The average Bonchev–Trinajstić information content (AvgIpc) is 3.35. The monoisotopic (exact) mass is 360 g/mol. The fourth-order valence-electron chi connectivity index (χ4n) is 3.70. The molecule has 0 bridgehead atoms. The van der Waals surface area contributed by atoms with Gasteiger partial charge in [-0.05, 0) is 56.8 Å². The molecule has 2 fully saturated rings. The van der Waals surface area contributed by atoms with Crippen LogP contribution in [0.15, 0.2) is 6.20 Å². The maximum atomic E-state index is 6.41. The molecule has 0 aliphatic heterocycles. The van der Waals surface area contributed by atoms with Crippen molar-refractivity contribution in [2.45, 2.75) is 57.4 Å². The number of hydrogen-bond acceptors (Lipinski definition) is 5. The standard InChI is InChI=1S/C18H25ClN6/c1-25-15(8-11-2-3-11)18(23-24-25)17-14(19)10-21-16(22-17)9-12-4-6-13(20)7-5-12/h10-13H,2-9,20H2,1H3. The van der Waals surface area contributed by atoms with Crippen molar-refractivity contribution in [3.63, 3.8) is 0 Å². The molecular formula is C18H25ClN6. The van der Waals surface area contributed by atoms with Gasteiger partial charge in [-0.3, -0.25) is 4.68 Å². The van der Waals surface area contributed by atoms with Crippen molar-refractivity contribution in [2.24, 2.45) is 24.6 Å². The van der Waals surface area contributed by atoms with Crippen molar-refractivity contribution in [2.75, 3.05) is 0 Å². The molecule has 0 saturated heterocycles. The topological polar surface area (TPSA) is 82.5 Å². The van der Waals surface area contributed by atoms with Crippen molar-refractivity contribution in [1.29, 1.82) is 0 Å². The minimum atomic E-state index is 0.363. The van der Waals surface area contributed by atoms with Crippen molar-refractivity contribution in [3.05, 3.63) is 22.7 Å². The van der Waals surface area contributed by atoms with E-state index in [4.69, 9.17) is 22.3 Å². The zero-order valence-corrected chi connectivity index (χ0v) is 15.4. The molecule has 6 nitrogen and oxygen atoms in total. The summed E-state index contributed by atoms with van der Waals surface area (Å²) in [6, 6.07) is 0.363. The van der Waals surface area contributed by atoms with E-state index in [1.54, 1.807) is 6.20 Å². The number of rotatable bonds is 5. The van der Waals surface area contributed by atoms with Crippen LogP contribution in [0.2, 0.25) is 5.02 Å². The van der Waals surface area contributed by atoms with E-state index in [9.17, 15) is 0 Å². The smallest absolute Gasteiger partial charge is 0.136 e. The molecule has 7 heteroatoms. The third-order valence-electron chi connectivity index (χ3n) is 5.50. The number of nitrogens with two attached hydrogens (primary N) is 1. The average molecular weight is 361 g/mol. The first-order chi connectivity index (χ1) is 12.1. The molecule has 0 amide bonds. The molecule has 0 radical (unpaired) electrons. The van der Waals surface area contributed by atoms with Gasteiger partial charge in [-0.1, -0.05) is 16.8 Å². The molecule has 2 heterocycles. The van der Waals surface area contributed by atoms with Crippen LogP contribution in [-0.4, -0.2) is 31.0 Å². The predicted molar refractivity (Wildman–Crippen MR) is 97.1 cm³/mol. The molecule has 4 rings (SSSR count). The van der Waals surface area contributed by atoms with Crippen molar-refractivity contribution < 1.29 is 0 Å². The maximum absolute atomic E-state index is 6.41. The Hall–Kier alpha value is -1.53. The van der Waals surface area contributed by atoms with Crippen molar-refractivity contribution in [3.8, 4) is 11.4 Å². The summed E-state index contributed by atoms with van der Waals surface area (Å²) >= 11 is 6.41. The van der Waals surface area contributed by atoms with Gasteiger partial charge in [0.2, 0.25) is 0 Å². The largest absolute Gasteiger partial charge is 0.328 e. The molecule has 2 aliphatic rings. The Balaban J connectivity index is 1.57. The summed E-state index contributed by atoms with van der Waals surface area (Å²) in [6.07, 6.45) is 10.7. The second-order valence-electron chi connectivity index (χ2n) is 7.62. The molecule has 0 spiro atoms. The van der Waals surface area contributed by atoms with Crippen LogP contribution in [0.3, 0.4) is 0 Å². The van der Waals surface area contributed by atoms with Gasteiger partial charge in [0.15, 0.2) is 0 Å². The normalized spacial score (nSPS) is 23.8. The van der Waals surface area contributed by atoms with Gasteiger partial charge in [-0.15, -0.1) is 5.10 Å². The van der Waals surface area contributed by atoms with Crippen LogP contribution >= 0.6 is 11.6 Å². The quantitative estimate of drug-likeness (QED) is 0.886. The third-order valence-corrected chi connectivity index (χ3v) is 5.78. The molecule has 2 saturated carbocycles. The molecule has 25 heavy (non-hydrogen) atoms. The lowest BCUT2D eigenvalue weighted by molar-refractivity contribution is 0.321. The predicted octanol–water partition coefficient (Wildman–Crippen LogP) is 2.94. The van der Waals surface area contributed by atoms with Crippen LogP contribution in [0.1, 0.15) is 50.0 Å².